The topological polar surface area (TPSA) is 74.4 Å². The van der Waals surface area contributed by atoms with Crippen LogP contribution in [0.4, 0.5) is 6.01 Å². The van der Waals surface area contributed by atoms with Gasteiger partial charge in [0.1, 0.15) is 0 Å². The lowest BCUT2D eigenvalue weighted by Gasteiger charge is -2.41. The molecule has 6 heteroatoms. The van der Waals surface area contributed by atoms with E-state index in [9.17, 15) is 0 Å². The van der Waals surface area contributed by atoms with Crippen LogP contribution in [0.2, 0.25) is 0 Å². The average molecular weight is 427 g/mol. The van der Waals surface area contributed by atoms with Gasteiger partial charge in [-0.1, -0.05) is 38.9 Å². The molecule has 1 aliphatic carbocycles. The molecule has 6 nitrogen and oxygen atoms in total. The molecule has 0 amide bonds. The van der Waals surface area contributed by atoms with Gasteiger partial charge in [-0.2, -0.15) is 0 Å². The van der Waals surface area contributed by atoms with Crippen molar-refractivity contribution in [3.05, 3.63) is 29.3 Å². The molecule has 31 heavy (non-hydrogen) atoms. The number of piperidine rings is 1. The van der Waals surface area contributed by atoms with E-state index >= 15 is 0 Å². The van der Waals surface area contributed by atoms with Crippen LogP contribution in [0.1, 0.15) is 77.3 Å². The summed E-state index contributed by atoms with van der Waals surface area (Å²) in [6.45, 7) is 12.5. The van der Waals surface area contributed by atoms with E-state index in [0.717, 1.165) is 50.9 Å². The van der Waals surface area contributed by atoms with E-state index in [-0.39, 0.29) is 17.4 Å². The van der Waals surface area contributed by atoms with Crippen LogP contribution in [0, 0.1) is 0 Å². The zero-order valence-electron chi connectivity index (χ0n) is 19.6. The van der Waals surface area contributed by atoms with Crippen LogP contribution in [-0.4, -0.2) is 47.6 Å². The lowest BCUT2D eigenvalue weighted by atomic mass is 9.63. The normalized spacial score (nSPS) is 20.6. The molecule has 0 saturated carbocycles. The van der Waals surface area contributed by atoms with Gasteiger partial charge in [0.2, 0.25) is 5.89 Å². The number of hydrogen-bond acceptors (Lipinski definition) is 6. The number of aromatic nitrogens is 2. The fourth-order valence-electron chi connectivity index (χ4n) is 5.00. The second-order valence-electron chi connectivity index (χ2n) is 10.6. The number of nitrogens with one attached hydrogen (secondary N) is 1. The molecule has 1 aliphatic heterocycles. The molecule has 0 bridgehead atoms. The molecule has 1 aromatic heterocycles. The number of rotatable bonds is 7. The maximum absolute atomic E-state index is 8.90. The quantitative estimate of drug-likeness (QED) is 0.639. The lowest BCUT2D eigenvalue weighted by molar-refractivity contribution is 0.281. The second-order valence-corrected chi connectivity index (χ2v) is 10.6. The summed E-state index contributed by atoms with van der Waals surface area (Å²) in [5, 5.41) is 21.2. The standard InChI is InChI=1S/C25H38N4O2/c1-24(2)11-12-25(3,4)21-17-18(7-8-20(21)24)22-27-28-23(31-22)29-14-9-19(10-15-29)26-13-5-6-16-30/h7-8,17,19,26,30H,5-6,9-16H2,1-4H3. The number of benzene rings is 1. The number of nitrogens with zero attached hydrogens (tertiary/aromatic N) is 3. The number of hydrogen-bond donors (Lipinski definition) is 2. The summed E-state index contributed by atoms with van der Waals surface area (Å²) in [5.74, 6) is 0.612. The summed E-state index contributed by atoms with van der Waals surface area (Å²) in [6, 6.07) is 7.84. The Balaban J connectivity index is 1.43. The van der Waals surface area contributed by atoms with E-state index in [1.807, 2.05) is 0 Å². The molecule has 2 aromatic rings. The summed E-state index contributed by atoms with van der Waals surface area (Å²) in [6.07, 6.45) is 6.43. The summed E-state index contributed by atoms with van der Waals surface area (Å²) in [5.41, 5.74) is 4.24. The summed E-state index contributed by atoms with van der Waals surface area (Å²) < 4.78 is 6.12. The van der Waals surface area contributed by atoms with Crippen LogP contribution in [0.3, 0.4) is 0 Å². The van der Waals surface area contributed by atoms with Crippen LogP contribution in [0.5, 0.6) is 0 Å². The molecule has 2 heterocycles. The number of anilines is 1. The van der Waals surface area contributed by atoms with E-state index in [1.165, 1.54) is 24.0 Å². The summed E-state index contributed by atoms with van der Waals surface area (Å²) in [7, 11) is 0. The van der Waals surface area contributed by atoms with E-state index in [1.54, 1.807) is 0 Å². The molecule has 1 aromatic carbocycles. The van der Waals surface area contributed by atoms with Crippen LogP contribution in [0.25, 0.3) is 11.5 Å². The van der Waals surface area contributed by atoms with Crippen LogP contribution in [0.15, 0.2) is 22.6 Å². The molecule has 4 rings (SSSR count). The molecule has 1 saturated heterocycles. The van der Waals surface area contributed by atoms with Gasteiger partial charge >= 0.3 is 6.01 Å². The molecule has 170 valence electrons. The van der Waals surface area contributed by atoms with Crippen molar-refractivity contribution in [2.75, 3.05) is 31.1 Å². The average Bonchev–Trinajstić information content (AvgIpc) is 3.25. The molecule has 0 spiro atoms. The zero-order valence-corrected chi connectivity index (χ0v) is 19.6. The number of fused-ring (bicyclic) bond motifs is 1. The molecular formula is C25H38N4O2. The van der Waals surface area contributed by atoms with Gasteiger partial charge in [0.05, 0.1) is 0 Å². The first-order valence-electron chi connectivity index (χ1n) is 11.9. The monoisotopic (exact) mass is 426 g/mol. The largest absolute Gasteiger partial charge is 0.403 e. The Kier molecular flexibility index (Phi) is 6.40. The highest BCUT2D eigenvalue weighted by atomic mass is 16.4. The summed E-state index contributed by atoms with van der Waals surface area (Å²) in [4.78, 5) is 2.20. The van der Waals surface area contributed by atoms with Crippen molar-refractivity contribution in [3.8, 4) is 11.5 Å². The Morgan fingerprint density at radius 3 is 2.45 bits per heavy atom. The van der Waals surface area contributed by atoms with Crippen molar-refractivity contribution < 1.29 is 9.52 Å². The molecule has 2 N–H and O–H groups in total. The van der Waals surface area contributed by atoms with E-state index in [0.29, 0.717) is 17.9 Å². The number of aliphatic hydroxyl groups excluding tert-OH is 1. The highest BCUT2D eigenvalue weighted by molar-refractivity contribution is 5.59. The van der Waals surface area contributed by atoms with Gasteiger partial charge in [0.15, 0.2) is 0 Å². The number of aliphatic hydroxyl groups is 1. The van der Waals surface area contributed by atoms with Gasteiger partial charge in [-0.3, -0.25) is 0 Å². The first-order chi connectivity index (χ1) is 14.8. The molecule has 0 atom stereocenters. The molecular weight excluding hydrogens is 388 g/mol. The van der Waals surface area contributed by atoms with Gasteiger partial charge in [-0.25, -0.2) is 0 Å². The van der Waals surface area contributed by atoms with Crippen molar-refractivity contribution in [1.82, 2.24) is 15.5 Å². The van der Waals surface area contributed by atoms with Crippen LogP contribution >= 0.6 is 0 Å². The van der Waals surface area contributed by atoms with Crippen LogP contribution in [-0.2, 0) is 10.8 Å². The molecule has 0 unspecified atom stereocenters. The van der Waals surface area contributed by atoms with Crippen LogP contribution < -0.4 is 10.2 Å². The maximum atomic E-state index is 8.90. The first-order valence-corrected chi connectivity index (χ1v) is 11.9. The van der Waals surface area contributed by atoms with Gasteiger partial charge < -0.3 is 19.7 Å². The fourth-order valence-corrected chi connectivity index (χ4v) is 5.00. The minimum atomic E-state index is 0.162. The van der Waals surface area contributed by atoms with Crippen molar-refractivity contribution in [1.29, 1.82) is 0 Å². The van der Waals surface area contributed by atoms with E-state index in [2.05, 4.69) is 66.3 Å². The minimum absolute atomic E-state index is 0.162. The van der Waals surface area contributed by atoms with Crippen molar-refractivity contribution in [3.63, 3.8) is 0 Å². The van der Waals surface area contributed by atoms with Gasteiger partial charge in [0.25, 0.3) is 0 Å². The highest BCUT2D eigenvalue weighted by Gasteiger charge is 2.37. The smallest absolute Gasteiger partial charge is 0.318 e. The molecule has 0 radical (unpaired) electrons. The third kappa shape index (κ3) is 4.80. The van der Waals surface area contributed by atoms with Crippen molar-refractivity contribution >= 4 is 6.01 Å². The number of unbranched alkanes of at least 4 members (excludes halogenated alkanes) is 1. The van der Waals surface area contributed by atoms with Crippen molar-refractivity contribution in [2.24, 2.45) is 0 Å². The maximum Gasteiger partial charge on any atom is 0.318 e. The predicted molar refractivity (Wildman–Crippen MR) is 125 cm³/mol. The predicted octanol–water partition coefficient (Wildman–Crippen LogP) is 4.42. The zero-order chi connectivity index (χ0) is 22.1. The first kappa shape index (κ1) is 22.3. The molecule has 1 fully saturated rings. The van der Waals surface area contributed by atoms with E-state index < -0.39 is 0 Å². The summed E-state index contributed by atoms with van der Waals surface area (Å²) >= 11 is 0. The third-order valence-electron chi connectivity index (χ3n) is 7.30. The highest BCUT2D eigenvalue weighted by Crippen LogP contribution is 2.46. The third-order valence-corrected chi connectivity index (χ3v) is 7.30. The Bertz CT molecular complexity index is 881. The Labute approximate surface area is 186 Å². The minimum Gasteiger partial charge on any atom is -0.403 e. The van der Waals surface area contributed by atoms with Gasteiger partial charge in [-0.05, 0) is 79.2 Å². The van der Waals surface area contributed by atoms with Gasteiger partial charge in [-0.15, -0.1) is 5.10 Å². The SMILES string of the molecule is CC1(C)CCC(C)(C)c2cc(-c3nnc(N4CCC(NCCCCO)CC4)o3)ccc21. The second kappa shape index (κ2) is 8.91. The van der Waals surface area contributed by atoms with E-state index in [4.69, 9.17) is 9.52 Å². The fraction of sp³-hybridized carbons (Fsp3) is 0.680. The van der Waals surface area contributed by atoms with Gasteiger partial charge in [0, 0.05) is 31.3 Å². The molecule has 2 aliphatic rings. The Morgan fingerprint density at radius 1 is 1.03 bits per heavy atom. The Hall–Kier alpha value is -1.92. The Morgan fingerprint density at radius 2 is 1.74 bits per heavy atom. The lowest BCUT2D eigenvalue weighted by Crippen LogP contribution is -2.43. The van der Waals surface area contributed by atoms with Crippen molar-refractivity contribution in [2.45, 2.75) is 83.1 Å².